The molecule has 1 fully saturated rings. The topological polar surface area (TPSA) is 76.1 Å². The number of aromatic nitrogens is 1. The van der Waals surface area contributed by atoms with Crippen LogP contribution in [0.4, 0.5) is 0 Å². The number of thiazole rings is 1. The Hall–Kier alpha value is -1.25. The summed E-state index contributed by atoms with van der Waals surface area (Å²) in [7, 11) is -3.04. The molecule has 5 nitrogen and oxygen atoms in total. The predicted octanol–water partition coefficient (Wildman–Crippen LogP) is 2.18. The Morgan fingerprint density at radius 1 is 1.43 bits per heavy atom. The second-order valence-corrected chi connectivity index (χ2v) is 9.23. The van der Waals surface area contributed by atoms with E-state index in [1.54, 1.807) is 23.6 Å². The molecule has 8 heteroatoms. The first kappa shape index (κ1) is 14.7. The van der Waals surface area contributed by atoms with Gasteiger partial charge in [-0.15, -0.1) is 11.3 Å². The van der Waals surface area contributed by atoms with Crippen LogP contribution in [0, 0.1) is 0 Å². The lowest BCUT2D eigenvalue weighted by Crippen LogP contribution is -2.47. The number of rotatable bonds is 3. The van der Waals surface area contributed by atoms with E-state index in [1.165, 1.54) is 11.3 Å². The number of hydrogen-bond donors (Lipinski definition) is 1. The van der Waals surface area contributed by atoms with Crippen LogP contribution in [0.1, 0.15) is 23.8 Å². The molecule has 3 rings (SSSR count). The standard InChI is InChI=1S/C13H14N2O3S3/c1-13(3-5-21(17,18)8-13)15-11(16)10-7-20-12(14-10)9-2-4-19-6-9/h2,4,6-7H,3,5,8H2,1H3,(H,15,16). The van der Waals surface area contributed by atoms with Gasteiger partial charge in [-0.2, -0.15) is 11.3 Å². The van der Waals surface area contributed by atoms with E-state index in [-0.39, 0.29) is 17.4 Å². The van der Waals surface area contributed by atoms with Crippen LogP contribution in [0.2, 0.25) is 0 Å². The van der Waals surface area contributed by atoms with Crippen molar-refractivity contribution in [1.29, 1.82) is 0 Å². The molecule has 21 heavy (non-hydrogen) atoms. The van der Waals surface area contributed by atoms with E-state index >= 15 is 0 Å². The zero-order chi connectivity index (χ0) is 15.1. The number of sulfone groups is 1. The van der Waals surface area contributed by atoms with Gasteiger partial charge in [-0.1, -0.05) is 0 Å². The van der Waals surface area contributed by atoms with Gasteiger partial charge in [0.05, 0.1) is 17.0 Å². The number of nitrogens with zero attached hydrogens (tertiary/aromatic N) is 1. The lowest BCUT2D eigenvalue weighted by Gasteiger charge is -2.23. The van der Waals surface area contributed by atoms with Crippen LogP contribution < -0.4 is 5.32 Å². The highest BCUT2D eigenvalue weighted by molar-refractivity contribution is 7.91. The molecule has 1 aliphatic heterocycles. The van der Waals surface area contributed by atoms with Crippen LogP contribution >= 0.6 is 22.7 Å². The highest BCUT2D eigenvalue weighted by Gasteiger charge is 2.39. The maximum atomic E-state index is 12.2. The molecule has 1 aliphatic rings. The minimum Gasteiger partial charge on any atom is -0.344 e. The van der Waals surface area contributed by atoms with Crippen molar-refractivity contribution in [3.8, 4) is 10.6 Å². The molecule has 1 N–H and O–H groups in total. The van der Waals surface area contributed by atoms with E-state index in [0.29, 0.717) is 12.1 Å². The van der Waals surface area contributed by atoms with Gasteiger partial charge in [0.1, 0.15) is 10.7 Å². The Bertz CT molecular complexity index is 764. The maximum absolute atomic E-state index is 12.2. The summed E-state index contributed by atoms with van der Waals surface area (Å²) in [5.74, 6) is -0.193. The maximum Gasteiger partial charge on any atom is 0.271 e. The second-order valence-electron chi connectivity index (χ2n) is 5.41. The lowest BCUT2D eigenvalue weighted by atomic mass is 10.0. The third-order valence-corrected chi connectivity index (χ3v) is 6.90. The Morgan fingerprint density at radius 2 is 2.24 bits per heavy atom. The molecule has 0 bridgehead atoms. The van der Waals surface area contributed by atoms with Gasteiger partial charge in [-0.05, 0) is 24.8 Å². The Kier molecular flexibility index (Phi) is 3.62. The smallest absolute Gasteiger partial charge is 0.271 e. The minimum atomic E-state index is -3.04. The summed E-state index contributed by atoms with van der Waals surface area (Å²) in [6, 6.07) is 1.95. The van der Waals surface area contributed by atoms with Gasteiger partial charge in [0.2, 0.25) is 0 Å². The van der Waals surface area contributed by atoms with Gasteiger partial charge in [-0.25, -0.2) is 13.4 Å². The van der Waals surface area contributed by atoms with Crippen molar-refractivity contribution in [2.45, 2.75) is 18.9 Å². The second kappa shape index (κ2) is 5.19. The van der Waals surface area contributed by atoms with Gasteiger partial charge >= 0.3 is 0 Å². The van der Waals surface area contributed by atoms with Crippen molar-refractivity contribution in [2.75, 3.05) is 11.5 Å². The highest BCUT2D eigenvalue weighted by atomic mass is 32.2. The summed E-state index contributed by atoms with van der Waals surface area (Å²) < 4.78 is 23.1. The molecule has 2 aromatic rings. The van der Waals surface area contributed by atoms with Crippen molar-refractivity contribution in [2.24, 2.45) is 0 Å². The molecule has 0 saturated carbocycles. The van der Waals surface area contributed by atoms with Crippen LogP contribution in [0.3, 0.4) is 0 Å². The van der Waals surface area contributed by atoms with Crippen molar-refractivity contribution in [3.05, 3.63) is 27.9 Å². The fourth-order valence-electron chi connectivity index (χ4n) is 2.34. The van der Waals surface area contributed by atoms with E-state index in [0.717, 1.165) is 10.6 Å². The molecule has 1 atom stereocenters. The zero-order valence-electron chi connectivity index (χ0n) is 11.3. The summed E-state index contributed by atoms with van der Waals surface area (Å²) in [5.41, 5.74) is 0.646. The summed E-state index contributed by atoms with van der Waals surface area (Å²) in [6.07, 6.45) is 0.447. The average molecular weight is 342 g/mol. The molecule has 2 aromatic heterocycles. The monoisotopic (exact) mass is 342 g/mol. The third-order valence-electron chi connectivity index (χ3n) is 3.42. The Balaban J connectivity index is 1.75. The van der Waals surface area contributed by atoms with Crippen LogP contribution in [0.15, 0.2) is 22.2 Å². The van der Waals surface area contributed by atoms with Gasteiger partial charge in [0, 0.05) is 16.3 Å². The predicted molar refractivity (Wildman–Crippen MR) is 84.6 cm³/mol. The van der Waals surface area contributed by atoms with Crippen LogP contribution in [0.25, 0.3) is 10.6 Å². The Morgan fingerprint density at radius 3 is 2.86 bits per heavy atom. The van der Waals surface area contributed by atoms with Gasteiger partial charge in [0.15, 0.2) is 9.84 Å². The Labute approximate surface area is 131 Å². The summed E-state index contributed by atoms with van der Waals surface area (Å²) in [6.45, 7) is 1.77. The molecule has 0 aromatic carbocycles. The molecule has 1 saturated heterocycles. The quantitative estimate of drug-likeness (QED) is 0.927. The normalized spacial score (nSPS) is 24.0. The molecule has 3 heterocycles. The summed E-state index contributed by atoms with van der Waals surface area (Å²) in [4.78, 5) is 16.6. The summed E-state index contributed by atoms with van der Waals surface area (Å²) in [5, 5.41) is 9.25. The van der Waals surface area contributed by atoms with Crippen LogP contribution in [-0.4, -0.2) is 36.4 Å². The largest absolute Gasteiger partial charge is 0.344 e. The van der Waals surface area contributed by atoms with Gasteiger partial charge in [-0.3, -0.25) is 4.79 Å². The average Bonchev–Trinajstić information content (AvgIpc) is 3.09. The first-order chi connectivity index (χ1) is 9.87. The number of thiophene rings is 1. The summed E-state index contributed by atoms with van der Waals surface area (Å²) >= 11 is 2.99. The van der Waals surface area contributed by atoms with E-state index in [2.05, 4.69) is 10.3 Å². The highest BCUT2D eigenvalue weighted by Crippen LogP contribution is 2.27. The molecule has 1 unspecified atom stereocenters. The minimum absolute atomic E-state index is 0.00668. The molecule has 1 amide bonds. The van der Waals surface area contributed by atoms with Crippen LogP contribution in [0.5, 0.6) is 0 Å². The third kappa shape index (κ3) is 3.17. The van der Waals surface area contributed by atoms with E-state index < -0.39 is 15.4 Å². The fourth-order valence-corrected chi connectivity index (χ4v) is 5.95. The molecule has 112 valence electrons. The van der Waals surface area contributed by atoms with Gasteiger partial charge in [0.25, 0.3) is 5.91 Å². The first-order valence-corrected chi connectivity index (χ1v) is 10.0. The van der Waals surface area contributed by atoms with E-state index in [4.69, 9.17) is 0 Å². The molecule has 0 spiro atoms. The number of carbonyl (C=O) groups excluding carboxylic acids is 1. The van der Waals surface area contributed by atoms with E-state index in [1.807, 2.05) is 16.8 Å². The first-order valence-electron chi connectivity index (χ1n) is 6.38. The van der Waals surface area contributed by atoms with Crippen LogP contribution in [-0.2, 0) is 9.84 Å². The van der Waals surface area contributed by atoms with E-state index in [9.17, 15) is 13.2 Å². The van der Waals surface area contributed by atoms with Crippen molar-refractivity contribution >= 4 is 38.4 Å². The number of carbonyl (C=O) groups is 1. The number of nitrogens with one attached hydrogen (secondary N) is 1. The molecular formula is C13H14N2O3S3. The fraction of sp³-hybridized carbons (Fsp3) is 0.385. The molecular weight excluding hydrogens is 328 g/mol. The van der Waals surface area contributed by atoms with Crippen molar-refractivity contribution < 1.29 is 13.2 Å². The molecule has 0 aliphatic carbocycles. The number of amides is 1. The molecule has 0 radical (unpaired) electrons. The van der Waals surface area contributed by atoms with Crippen molar-refractivity contribution in [3.63, 3.8) is 0 Å². The lowest BCUT2D eigenvalue weighted by molar-refractivity contribution is 0.0911. The SMILES string of the molecule is CC1(NC(=O)c2csc(-c3ccsc3)n2)CCS(=O)(=O)C1. The number of hydrogen-bond acceptors (Lipinski definition) is 6. The van der Waals surface area contributed by atoms with Crippen molar-refractivity contribution in [1.82, 2.24) is 10.3 Å². The van der Waals surface area contributed by atoms with Gasteiger partial charge < -0.3 is 5.32 Å². The zero-order valence-corrected chi connectivity index (χ0v) is 13.8.